The molecule has 0 saturated carbocycles. The quantitative estimate of drug-likeness (QED) is 0.478. The van der Waals surface area contributed by atoms with Crippen molar-refractivity contribution in [1.29, 1.82) is 0 Å². The lowest BCUT2D eigenvalue weighted by Gasteiger charge is -2.21. The molecule has 2 rings (SSSR count). The van der Waals surface area contributed by atoms with Crippen LogP contribution in [0.4, 0.5) is 0 Å². The first-order valence-corrected chi connectivity index (χ1v) is 10.5. The van der Waals surface area contributed by atoms with E-state index in [1.165, 1.54) is 0 Å². The van der Waals surface area contributed by atoms with Crippen molar-refractivity contribution < 1.29 is 23.9 Å². The van der Waals surface area contributed by atoms with Crippen molar-refractivity contribution in [3.05, 3.63) is 47.8 Å². The Balaban J connectivity index is 2.21. The van der Waals surface area contributed by atoms with Gasteiger partial charge in [0, 0.05) is 25.2 Å². The predicted molar refractivity (Wildman–Crippen MR) is 120 cm³/mol. The first kappa shape index (κ1) is 24.4. The molecule has 0 radical (unpaired) electrons. The van der Waals surface area contributed by atoms with Crippen molar-refractivity contribution in [1.82, 2.24) is 4.90 Å². The van der Waals surface area contributed by atoms with Gasteiger partial charge in [0.1, 0.15) is 0 Å². The van der Waals surface area contributed by atoms with Crippen LogP contribution in [0.15, 0.2) is 42.2 Å². The first-order chi connectivity index (χ1) is 14.3. The molecule has 0 fully saturated rings. The van der Waals surface area contributed by atoms with Gasteiger partial charge in [-0.25, -0.2) is 0 Å². The van der Waals surface area contributed by atoms with E-state index in [0.29, 0.717) is 19.3 Å². The molecule has 6 heteroatoms. The fourth-order valence-corrected chi connectivity index (χ4v) is 2.67. The molecule has 0 bridgehead atoms. The lowest BCUT2D eigenvalue weighted by molar-refractivity contribution is -0.145. The fraction of sp³-hybridized carbons (Fsp3) is 0.480. The summed E-state index contributed by atoms with van der Waals surface area (Å²) in [4.78, 5) is 39.2. The summed E-state index contributed by atoms with van der Waals surface area (Å²) in [6.07, 6.45) is 7.16. The van der Waals surface area contributed by atoms with Gasteiger partial charge in [0.25, 0.3) is 0 Å². The topological polar surface area (TPSA) is 72.9 Å². The SMILES string of the molecule is CN1C=CCC(C(=O)CCc2ccc(OC(=O)C(C)(C)C)c(OC(=O)C(C)(C)C)c2)=C1. The smallest absolute Gasteiger partial charge is 0.316 e. The molecule has 0 unspecified atom stereocenters. The van der Waals surface area contributed by atoms with Crippen LogP contribution in [0.2, 0.25) is 0 Å². The predicted octanol–water partition coefficient (Wildman–Crippen LogP) is 4.82. The number of nitrogens with zero attached hydrogens (tertiary/aromatic N) is 1. The van der Waals surface area contributed by atoms with Crippen molar-refractivity contribution in [3.8, 4) is 11.5 Å². The molecule has 1 aromatic carbocycles. The fourth-order valence-electron chi connectivity index (χ4n) is 2.67. The molecule has 0 N–H and O–H groups in total. The van der Waals surface area contributed by atoms with E-state index in [4.69, 9.17) is 9.47 Å². The second-order valence-corrected chi connectivity index (χ2v) is 9.89. The Morgan fingerprint density at radius 2 is 1.52 bits per heavy atom. The lowest BCUT2D eigenvalue weighted by Crippen LogP contribution is -2.28. The summed E-state index contributed by atoms with van der Waals surface area (Å²) in [6, 6.07) is 5.07. The first-order valence-electron chi connectivity index (χ1n) is 10.5. The molecule has 0 aromatic heterocycles. The van der Waals surface area contributed by atoms with Crippen LogP contribution in [0.1, 0.15) is 59.9 Å². The number of carbonyl (C=O) groups excluding carboxylic acids is 3. The maximum Gasteiger partial charge on any atom is 0.316 e. The van der Waals surface area contributed by atoms with Gasteiger partial charge in [-0.3, -0.25) is 14.4 Å². The summed E-state index contributed by atoms with van der Waals surface area (Å²) in [7, 11) is 1.89. The van der Waals surface area contributed by atoms with Gasteiger partial charge in [-0.2, -0.15) is 0 Å². The van der Waals surface area contributed by atoms with Gasteiger partial charge in [0.15, 0.2) is 17.3 Å². The summed E-state index contributed by atoms with van der Waals surface area (Å²) in [5.74, 6) is -0.412. The normalized spacial score (nSPS) is 14.2. The second kappa shape index (κ2) is 9.50. The maximum atomic E-state index is 12.6. The molecule has 1 aliphatic heterocycles. The molecule has 168 valence electrons. The molecular weight excluding hydrogens is 394 g/mol. The van der Waals surface area contributed by atoms with Gasteiger partial charge in [0.2, 0.25) is 0 Å². The largest absolute Gasteiger partial charge is 0.422 e. The molecule has 1 heterocycles. The number of ether oxygens (including phenoxy) is 2. The highest BCUT2D eigenvalue weighted by atomic mass is 16.6. The van der Waals surface area contributed by atoms with Crippen molar-refractivity contribution >= 4 is 17.7 Å². The Bertz CT molecular complexity index is 913. The van der Waals surface area contributed by atoms with Crippen molar-refractivity contribution in [3.63, 3.8) is 0 Å². The van der Waals surface area contributed by atoms with E-state index in [-0.39, 0.29) is 17.3 Å². The molecular formula is C25H33NO5. The summed E-state index contributed by atoms with van der Waals surface area (Å²) < 4.78 is 11.1. The third-order valence-electron chi connectivity index (χ3n) is 4.67. The van der Waals surface area contributed by atoms with Gasteiger partial charge in [0.05, 0.1) is 10.8 Å². The highest BCUT2D eigenvalue weighted by Crippen LogP contribution is 2.33. The van der Waals surface area contributed by atoms with Crippen LogP contribution in [0.5, 0.6) is 11.5 Å². The molecule has 31 heavy (non-hydrogen) atoms. The standard InChI is InChI=1S/C25H33NO5/c1-24(2,3)22(28)30-20-13-11-17(15-21(20)31-23(29)25(4,5)6)10-12-19(27)18-9-8-14-26(7)16-18/h8,11,13-16H,9-10,12H2,1-7H3. The number of hydrogen-bond acceptors (Lipinski definition) is 6. The molecule has 1 aliphatic rings. The van der Waals surface area contributed by atoms with Crippen LogP contribution in [-0.2, 0) is 20.8 Å². The van der Waals surface area contributed by atoms with Crippen molar-refractivity contribution in [2.45, 2.75) is 60.8 Å². The minimum absolute atomic E-state index is 0.0765. The van der Waals surface area contributed by atoms with Gasteiger partial charge >= 0.3 is 11.9 Å². The van der Waals surface area contributed by atoms with Gasteiger partial charge in [-0.15, -0.1) is 0 Å². The van der Waals surface area contributed by atoms with Gasteiger partial charge in [-0.05, 0) is 78.3 Å². The van der Waals surface area contributed by atoms with Crippen LogP contribution in [0.3, 0.4) is 0 Å². The number of hydrogen-bond donors (Lipinski definition) is 0. The highest BCUT2D eigenvalue weighted by Gasteiger charge is 2.28. The van der Waals surface area contributed by atoms with Crippen LogP contribution >= 0.6 is 0 Å². The van der Waals surface area contributed by atoms with E-state index in [0.717, 1.165) is 11.1 Å². The third kappa shape index (κ3) is 7.09. The van der Waals surface area contributed by atoms with E-state index in [2.05, 4.69) is 0 Å². The maximum absolute atomic E-state index is 12.6. The van der Waals surface area contributed by atoms with E-state index in [1.54, 1.807) is 59.7 Å². The molecule has 0 spiro atoms. The number of Topliss-reactive ketones (excluding diaryl/α,β-unsaturated/α-hetero) is 1. The monoisotopic (exact) mass is 427 g/mol. The lowest BCUT2D eigenvalue weighted by atomic mass is 9.97. The van der Waals surface area contributed by atoms with Crippen LogP contribution in [0, 0.1) is 10.8 Å². The zero-order valence-electron chi connectivity index (χ0n) is 19.6. The minimum Gasteiger partial charge on any atom is -0.422 e. The minimum atomic E-state index is -0.718. The van der Waals surface area contributed by atoms with E-state index >= 15 is 0 Å². The molecule has 1 aromatic rings. The molecule has 0 aliphatic carbocycles. The number of carbonyl (C=O) groups is 3. The number of benzene rings is 1. The Morgan fingerprint density at radius 3 is 2.06 bits per heavy atom. The summed E-state index contributed by atoms with van der Waals surface area (Å²) in [6.45, 7) is 10.5. The molecule has 0 amide bonds. The Hall–Kier alpha value is -2.89. The Kier molecular flexibility index (Phi) is 7.47. The third-order valence-corrected chi connectivity index (χ3v) is 4.67. The van der Waals surface area contributed by atoms with Crippen LogP contribution in [-0.4, -0.2) is 29.7 Å². The van der Waals surface area contributed by atoms with E-state index < -0.39 is 22.8 Å². The average molecular weight is 428 g/mol. The Morgan fingerprint density at radius 1 is 0.935 bits per heavy atom. The zero-order chi connectivity index (χ0) is 23.4. The van der Waals surface area contributed by atoms with Crippen LogP contribution < -0.4 is 9.47 Å². The van der Waals surface area contributed by atoms with E-state index in [9.17, 15) is 14.4 Å². The summed E-state index contributed by atoms with van der Waals surface area (Å²) in [5, 5.41) is 0. The van der Waals surface area contributed by atoms with Crippen molar-refractivity contribution in [2.75, 3.05) is 7.05 Å². The van der Waals surface area contributed by atoms with Gasteiger partial charge in [-0.1, -0.05) is 12.1 Å². The zero-order valence-corrected chi connectivity index (χ0v) is 19.6. The number of ketones is 1. The number of rotatable bonds is 6. The average Bonchev–Trinajstić information content (AvgIpc) is 2.66. The number of esters is 2. The second-order valence-electron chi connectivity index (χ2n) is 9.89. The molecule has 6 nitrogen and oxygen atoms in total. The Labute approximate surface area is 184 Å². The van der Waals surface area contributed by atoms with Crippen LogP contribution in [0.25, 0.3) is 0 Å². The number of aryl methyl sites for hydroxylation is 1. The summed E-state index contributed by atoms with van der Waals surface area (Å²) >= 11 is 0. The number of allylic oxidation sites excluding steroid dienone is 2. The van der Waals surface area contributed by atoms with E-state index in [1.807, 2.05) is 30.4 Å². The summed E-state index contributed by atoms with van der Waals surface area (Å²) in [5.41, 5.74) is 0.164. The van der Waals surface area contributed by atoms with Gasteiger partial charge < -0.3 is 14.4 Å². The van der Waals surface area contributed by atoms with Crippen molar-refractivity contribution in [2.24, 2.45) is 10.8 Å². The highest BCUT2D eigenvalue weighted by molar-refractivity contribution is 5.95. The molecule has 0 saturated heterocycles. The molecule has 0 atom stereocenters.